The number of nitrogens with one attached hydrogen (secondary N) is 1. The number of pyridine rings is 1. The summed E-state index contributed by atoms with van der Waals surface area (Å²) in [5, 5.41) is 0. The number of carbonyl (C=O) groups is 1. The lowest BCUT2D eigenvalue weighted by Crippen LogP contribution is -2.45. The summed E-state index contributed by atoms with van der Waals surface area (Å²) in [7, 11) is -3.60. The largest absolute Gasteiger partial charge is 0.367 e. The van der Waals surface area contributed by atoms with Crippen LogP contribution < -0.4 is 9.62 Å². The Morgan fingerprint density at radius 3 is 2.52 bits per heavy atom. The van der Waals surface area contributed by atoms with E-state index in [2.05, 4.69) is 14.6 Å². The summed E-state index contributed by atoms with van der Waals surface area (Å²) in [5.74, 6) is 0.293. The Labute approximate surface area is 151 Å². The molecule has 2 aromatic rings. The predicted octanol–water partition coefficient (Wildman–Crippen LogP) is 1.78. The lowest BCUT2D eigenvalue weighted by atomic mass is 10.3. The summed E-state index contributed by atoms with van der Waals surface area (Å²) in [6.45, 7) is 4.82. The number of thiophene rings is 1. The molecule has 0 unspecified atom stereocenters. The van der Waals surface area contributed by atoms with E-state index < -0.39 is 10.0 Å². The number of aromatic nitrogens is 1. The molecule has 1 aliphatic heterocycles. The van der Waals surface area contributed by atoms with Gasteiger partial charge in [-0.2, -0.15) is 0 Å². The van der Waals surface area contributed by atoms with Crippen LogP contribution in [0.25, 0.3) is 0 Å². The average molecular weight is 380 g/mol. The van der Waals surface area contributed by atoms with Gasteiger partial charge < -0.3 is 9.80 Å². The molecule has 3 rings (SSSR count). The number of nitrogens with zero attached hydrogens (tertiary/aromatic N) is 3. The molecule has 0 atom stereocenters. The Balaban J connectivity index is 1.67. The van der Waals surface area contributed by atoms with Crippen LogP contribution in [-0.4, -0.2) is 50.9 Å². The van der Waals surface area contributed by atoms with Crippen LogP contribution in [0.4, 0.5) is 11.5 Å². The highest BCUT2D eigenvalue weighted by Gasteiger charge is 2.19. The quantitative estimate of drug-likeness (QED) is 0.773. The first kappa shape index (κ1) is 17.7. The fourth-order valence-electron chi connectivity index (χ4n) is 2.60. The van der Waals surface area contributed by atoms with Crippen LogP contribution in [0.15, 0.2) is 34.7 Å². The van der Waals surface area contributed by atoms with E-state index in [-0.39, 0.29) is 0 Å². The second kappa shape index (κ2) is 7.40. The molecule has 0 spiro atoms. The molecule has 0 aliphatic carbocycles. The lowest BCUT2D eigenvalue weighted by molar-refractivity contribution is -0.118. The third-order valence-corrected chi connectivity index (χ3v) is 7.14. The third-order valence-electron chi connectivity index (χ3n) is 4.07. The van der Waals surface area contributed by atoms with Crippen molar-refractivity contribution in [2.45, 2.75) is 17.6 Å². The van der Waals surface area contributed by atoms with Gasteiger partial charge in [0.25, 0.3) is 10.0 Å². The molecular weight excluding hydrogens is 360 g/mol. The Hall–Kier alpha value is -2.13. The maximum atomic E-state index is 12.4. The molecule has 1 aliphatic rings. The van der Waals surface area contributed by atoms with E-state index >= 15 is 0 Å². The van der Waals surface area contributed by atoms with Crippen molar-refractivity contribution in [1.29, 1.82) is 0 Å². The van der Waals surface area contributed by atoms with Crippen LogP contribution in [0.1, 0.15) is 11.8 Å². The van der Waals surface area contributed by atoms with Gasteiger partial charge >= 0.3 is 0 Å². The highest BCUT2D eigenvalue weighted by Crippen LogP contribution is 2.24. The highest BCUT2D eigenvalue weighted by molar-refractivity contribution is 7.94. The normalized spacial score (nSPS) is 15.2. The highest BCUT2D eigenvalue weighted by atomic mass is 32.2. The minimum atomic E-state index is -3.60. The van der Waals surface area contributed by atoms with Crippen molar-refractivity contribution in [2.24, 2.45) is 0 Å². The number of aryl methyl sites for hydroxylation is 1. The van der Waals surface area contributed by atoms with Gasteiger partial charge in [-0.25, -0.2) is 13.4 Å². The van der Waals surface area contributed by atoms with Crippen molar-refractivity contribution >= 4 is 39.3 Å². The van der Waals surface area contributed by atoms with Gasteiger partial charge in [0.15, 0.2) is 0 Å². The van der Waals surface area contributed by atoms with Gasteiger partial charge in [-0.3, -0.25) is 9.52 Å². The zero-order valence-electron chi connectivity index (χ0n) is 13.9. The van der Waals surface area contributed by atoms with Crippen LogP contribution >= 0.6 is 11.3 Å². The van der Waals surface area contributed by atoms with Gasteiger partial charge in [-0.15, -0.1) is 11.3 Å². The SMILES string of the molecule is CCc1ccc(S(=O)(=O)Nc2ccc(N3CCN(C=O)CC3)cn2)s1. The van der Waals surface area contributed by atoms with Gasteiger partial charge in [0.1, 0.15) is 10.0 Å². The van der Waals surface area contributed by atoms with Crippen LogP contribution in [-0.2, 0) is 21.2 Å². The molecule has 25 heavy (non-hydrogen) atoms. The van der Waals surface area contributed by atoms with Gasteiger partial charge in [0, 0.05) is 31.1 Å². The van der Waals surface area contributed by atoms with E-state index in [4.69, 9.17) is 0 Å². The van der Waals surface area contributed by atoms with E-state index in [9.17, 15) is 13.2 Å². The molecule has 1 saturated heterocycles. The molecule has 7 nitrogen and oxygen atoms in total. The fraction of sp³-hybridized carbons (Fsp3) is 0.375. The molecule has 9 heteroatoms. The number of carbonyl (C=O) groups excluding carboxylic acids is 1. The monoisotopic (exact) mass is 380 g/mol. The maximum Gasteiger partial charge on any atom is 0.272 e. The molecule has 1 N–H and O–H groups in total. The summed E-state index contributed by atoms with van der Waals surface area (Å²) in [6.07, 6.45) is 3.33. The first-order chi connectivity index (χ1) is 12.0. The summed E-state index contributed by atoms with van der Waals surface area (Å²) in [6, 6.07) is 6.95. The molecule has 1 amide bonds. The maximum absolute atomic E-state index is 12.4. The number of sulfonamides is 1. The number of hydrogen-bond donors (Lipinski definition) is 1. The fourth-order valence-corrected chi connectivity index (χ4v) is 4.90. The van der Waals surface area contributed by atoms with Crippen molar-refractivity contribution in [3.05, 3.63) is 35.3 Å². The molecule has 0 aromatic carbocycles. The molecule has 134 valence electrons. The number of piperazine rings is 1. The molecule has 0 saturated carbocycles. The van der Waals surface area contributed by atoms with E-state index in [1.807, 2.05) is 19.1 Å². The second-order valence-electron chi connectivity index (χ2n) is 5.71. The smallest absolute Gasteiger partial charge is 0.272 e. The van der Waals surface area contributed by atoms with Crippen molar-refractivity contribution in [3.63, 3.8) is 0 Å². The third kappa shape index (κ3) is 4.10. The van der Waals surface area contributed by atoms with E-state index in [1.165, 1.54) is 11.3 Å². The second-order valence-corrected chi connectivity index (χ2v) is 8.79. The zero-order valence-corrected chi connectivity index (χ0v) is 15.5. The summed E-state index contributed by atoms with van der Waals surface area (Å²) in [4.78, 5) is 19.9. The Bertz CT molecular complexity index is 825. The average Bonchev–Trinajstić information content (AvgIpc) is 3.12. The van der Waals surface area contributed by atoms with Crippen LogP contribution in [0.3, 0.4) is 0 Å². The van der Waals surface area contributed by atoms with E-state index in [0.29, 0.717) is 23.1 Å². The predicted molar refractivity (Wildman–Crippen MR) is 98.6 cm³/mol. The van der Waals surface area contributed by atoms with E-state index in [1.54, 1.807) is 23.2 Å². The first-order valence-corrected chi connectivity index (χ1v) is 10.3. The molecule has 2 aromatic heterocycles. The molecule has 0 bridgehead atoms. The van der Waals surface area contributed by atoms with Gasteiger partial charge in [-0.1, -0.05) is 6.92 Å². The van der Waals surface area contributed by atoms with Crippen molar-refractivity contribution in [1.82, 2.24) is 9.88 Å². The Morgan fingerprint density at radius 1 is 1.20 bits per heavy atom. The number of hydrogen-bond acceptors (Lipinski definition) is 6. The summed E-state index contributed by atoms with van der Waals surface area (Å²) in [5.41, 5.74) is 0.915. The van der Waals surface area contributed by atoms with Gasteiger partial charge in [0.2, 0.25) is 6.41 Å². The van der Waals surface area contributed by atoms with Gasteiger partial charge in [0.05, 0.1) is 11.9 Å². The lowest BCUT2D eigenvalue weighted by Gasteiger charge is -2.33. The van der Waals surface area contributed by atoms with Crippen molar-refractivity contribution in [2.75, 3.05) is 35.8 Å². The van der Waals surface area contributed by atoms with Crippen molar-refractivity contribution in [3.8, 4) is 0 Å². The van der Waals surface area contributed by atoms with E-state index in [0.717, 1.165) is 36.5 Å². The van der Waals surface area contributed by atoms with Crippen LogP contribution in [0.2, 0.25) is 0 Å². The number of amides is 1. The van der Waals surface area contributed by atoms with Crippen molar-refractivity contribution < 1.29 is 13.2 Å². The number of rotatable bonds is 6. The summed E-state index contributed by atoms with van der Waals surface area (Å²) < 4.78 is 27.6. The van der Waals surface area contributed by atoms with Crippen LogP contribution in [0.5, 0.6) is 0 Å². The van der Waals surface area contributed by atoms with Crippen LogP contribution in [0, 0.1) is 0 Å². The molecule has 0 radical (unpaired) electrons. The first-order valence-electron chi connectivity index (χ1n) is 8.03. The molecular formula is C16H20N4O3S2. The minimum absolute atomic E-state index is 0.292. The Kier molecular flexibility index (Phi) is 5.24. The number of anilines is 2. The molecule has 1 fully saturated rings. The Morgan fingerprint density at radius 2 is 1.96 bits per heavy atom. The topological polar surface area (TPSA) is 82.6 Å². The summed E-state index contributed by atoms with van der Waals surface area (Å²) >= 11 is 1.27. The minimum Gasteiger partial charge on any atom is -0.367 e. The zero-order chi connectivity index (χ0) is 17.9. The standard InChI is InChI=1S/C16H20N4O3S2/c1-2-14-4-6-16(24-14)25(22,23)18-15-5-3-13(11-17-15)20-9-7-19(12-21)8-10-20/h3-6,11-12H,2,7-10H2,1H3,(H,17,18). The molecule has 3 heterocycles. The van der Waals surface area contributed by atoms with Gasteiger partial charge in [-0.05, 0) is 30.7 Å².